The highest BCUT2D eigenvalue weighted by Crippen LogP contribution is 2.23. The molecule has 3 amide bonds. The second-order valence-electron chi connectivity index (χ2n) is 16.7. The average molecular weight is 866 g/mol. The van der Waals surface area contributed by atoms with E-state index in [1.165, 1.54) is 6.07 Å². The Labute approximate surface area is 358 Å². The van der Waals surface area contributed by atoms with Gasteiger partial charge < -0.3 is 44.1 Å². The third-order valence-electron chi connectivity index (χ3n) is 9.59. The standard InChI is InChI=1S/C21H30ClN3O4.C17H23ClN2O4.C4H9NO/c1-21(2,3)29-20(27)25-8-6-23(7-9-25)15-16-4-5-17(22)14-18(16)19(26)24-10-12-28-13-11-24;1-17(2,3)24-16(23)20-8-6-19(7-9-20)11-12-4-5-13(18)10-14(12)15(21)22;1-3-6-4-2-5-1/h4-5,14H,6-13,15H2,1-3H3;4-5,10H,6-9,11H2,1-3H3,(H,21,22);5H,1-4H2. The van der Waals surface area contributed by atoms with Gasteiger partial charge in [0.25, 0.3) is 5.91 Å². The van der Waals surface area contributed by atoms with E-state index in [4.69, 9.17) is 42.1 Å². The zero-order valence-electron chi connectivity index (χ0n) is 35.4. The normalized spacial score (nSPS) is 18.1. The van der Waals surface area contributed by atoms with Crippen molar-refractivity contribution >= 4 is 47.3 Å². The highest BCUT2D eigenvalue weighted by Gasteiger charge is 2.29. The topological polar surface area (TPSA) is 154 Å². The summed E-state index contributed by atoms with van der Waals surface area (Å²) in [7, 11) is 0. The maximum Gasteiger partial charge on any atom is 0.410 e. The number of halogens is 2. The van der Waals surface area contributed by atoms with Gasteiger partial charge in [0.15, 0.2) is 0 Å². The van der Waals surface area contributed by atoms with E-state index in [9.17, 15) is 24.3 Å². The van der Waals surface area contributed by atoms with Crippen LogP contribution in [0.3, 0.4) is 0 Å². The molecular weight excluding hydrogens is 803 g/mol. The van der Waals surface area contributed by atoms with E-state index < -0.39 is 17.2 Å². The van der Waals surface area contributed by atoms with Crippen LogP contribution in [0.2, 0.25) is 10.0 Å². The average Bonchev–Trinajstić information content (AvgIpc) is 3.19. The van der Waals surface area contributed by atoms with E-state index >= 15 is 0 Å². The number of hydrogen-bond donors (Lipinski definition) is 2. The predicted octanol–water partition coefficient (Wildman–Crippen LogP) is 5.56. The second kappa shape index (κ2) is 22.8. The van der Waals surface area contributed by atoms with Crippen LogP contribution in [0.4, 0.5) is 9.59 Å². The van der Waals surface area contributed by atoms with Gasteiger partial charge in [-0.1, -0.05) is 35.3 Å². The number of carboxylic acids is 1. The van der Waals surface area contributed by atoms with Crippen LogP contribution in [-0.4, -0.2) is 170 Å². The molecule has 0 spiro atoms. The van der Waals surface area contributed by atoms with Crippen LogP contribution in [-0.2, 0) is 32.0 Å². The Hall–Kier alpha value is -3.70. The molecule has 2 aromatic rings. The molecule has 2 aromatic carbocycles. The Bertz CT molecular complexity index is 1680. The van der Waals surface area contributed by atoms with Crippen LogP contribution in [0.15, 0.2) is 36.4 Å². The largest absolute Gasteiger partial charge is 0.478 e. The van der Waals surface area contributed by atoms with Crippen molar-refractivity contribution in [3.63, 3.8) is 0 Å². The number of nitrogens with one attached hydrogen (secondary N) is 1. The van der Waals surface area contributed by atoms with Gasteiger partial charge in [-0.15, -0.1) is 0 Å². The lowest BCUT2D eigenvalue weighted by Crippen LogP contribution is -2.49. The van der Waals surface area contributed by atoms with Gasteiger partial charge in [-0.05, 0) is 76.9 Å². The zero-order chi connectivity index (χ0) is 43.2. The molecule has 0 unspecified atom stereocenters. The van der Waals surface area contributed by atoms with Crippen LogP contribution in [0.5, 0.6) is 0 Å². The first-order chi connectivity index (χ1) is 27.9. The van der Waals surface area contributed by atoms with Gasteiger partial charge in [-0.3, -0.25) is 14.6 Å². The monoisotopic (exact) mass is 864 g/mol. The lowest BCUT2D eigenvalue weighted by Gasteiger charge is -2.36. The molecule has 0 aromatic heterocycles. The number of carbonyl (C=O) groups is 4. The van der Waals surface area contributed by atoms with E-state index in [2.05, 4.69) is 15.1 Å². The summed E-state index contributed by atoms with van der Waals surface area (Å²) in [5.41, 5.74) is 1.54. The minimum Gasteiger partial charge on any atom is -0.478 e. The van der Waals surface area contributed by atoms with E-state index in [0.717, 1.165) is 50.5 Å². The smallest absolute Gasteiger partial charge is 0.410 e. The van der Waals surface area contributed by atoms with E-state index in [1.807, 2.05) is 58.6 Å². The number of morpholine rings is 2. The molecule has 4 aliphatic rings. The van der Waals surface area contributed by atoms with Crippen molar-refractivity contribution in [2.45, 2.75) is 65.8 Å². The number of amides is 3. The van der Waals surface area contributed by atoms with Gasteiger partial charge in [-0.2, -0.15) is 0 Å². The lowest BCUT2D eigenvalue weighted by atomic mass is 10.0. The summed E-state index contributed by atoms with van der Waals surface area (Å²) < 4.78 is 21.2. The Kier molecular flexibility index (Phi) is 18.5. The number of carboxylic acid groups (broad SMARTS) is 1. The second-order valence-corrected chi connectivity index (χ2v) is 17.5. The summed E-state index contributed by atoms with van der Waals surface area (Å²) in [5, 5.41) is 13.4. The van der Waals surface area contributed by atoms with Crippen molar-refractivity contribution in [1.82, 2.24) is 29.8 Å². The Balaban J connectivity index is 0.000000231. The third-order valence-corrected chi connectivity index (χ3v) is 10.1. The van der Waals surface area contributed by atoms with Crippen LogP contribution < -0.4 is 5.32 Å². The lowest BCUT2D eigenvalue weighted by molar-refractivity contribution is 0.0129. The number of rotatable bonds is 6. The van der Waals surface area contributed by atoms with Gasteiger partial charge in [0.2, 0.25) is 0 Å². The zero-order valence-corrected chi connectivity index (χ0v) is 36.9. The Morgan fingerprint density at radius 1 is 0.610 bits per heavy atom. The molecule has 59 heavy (non-hydrogen) atoms. The number of ether oxygens (including phenoxy) is 4. The molecule has 0 aliphatic carbocycles. The minimum atomic E-state index is -0.986. The molecule has 4 fully saturated rings. The highest BCUT2D eigenvalue weighted by molar-refractivity contribution is 6.31. The summed E-state index contributed by atoms with van der Waals surface area (Å²) in [6, 6.07) is 10.4. The Morgan fingerprint density at radius 2 is 1.02 bits per heavy atom. The maximum atomic E-state index is 13.0. The molecule has 4 heterocycles. The van der Waals surface area contributed by atoms with Gasteiger partial charge in [-0.25, -0.2) is 14.4 Å². The van der Waals surface area contributed by atoms with Crippen LogP contribution in [0, 0.1) is 0 Å². The fourth-order valence-corrected chi connectivity index (χ4v) is 6.88. The first kappa shape index (κ1) is 48.0. The number of carbonyl (C=O) groups excluding carboxylic acids is 3. The molecule has 0 atom stereocenters. The number of aromatic carboxylic acids is 1. The molecule has 2 N–H and O–H groups in total. The summed E-state index contributed by atoms with van der Waals surface area (Å²) in [6.07, 6.45) is -0.577. The summed E-state index contributed by atoms with van der Waals surface area (Å²) in [6.45, 7) is 23.6. The first-order valence-corrected chi connectivity index (χ1v) is 21.0. The van der Waals surface area contributed by atoms with Crippen molar-refractivity contribution in [3.05, 3.63) is 68.7 Å². The molecular formula is C42H62Cl2N6O9. The van der Waals surface area contributed by atoms with Crippen molar-refractivity contribution in [1.29, 1.82) is 0 Å². The highest BCUT2D eigenvalue weighted by atomic mass is 35.5. The van der Waals surface area contributed by atoms with Gasteiger partial charge >= 0.3 is 18.2 Å². The van der Waals surface area contributed by atoms with Gasteiger partial charge in [0.1, 0.15) is 11.2 Å². The summed E-state index contributed by atoms with van der Waals surface area (Å²) >= 11 is 12.1. The van der Waals surface area contributed by atoms with Crippen molar-refractivity contribution in [2.24, 2.45) is 0 Å². The van der Waals surface area contributed by atoms with Crippen LogP contribution in [0.1, 0.15) is 73.4 Å². The van der Waals surface area contributed by atoms with Crippen molar-refractivity contribution < 1.29 is 43.2 Å². The Morgan fingerprint density at radius 3 is 1.39 bits per heavy atom. The summed E-state index contributed by atoms with van der Waals surface area (Å²) in [5.74, 6) is -0.988. The number of benzene rings is 2. The quantitative estimate of drug-likeness (QED) is 0.374. The van der Waals surface area contributed by atoms with Crippen LogP contribution >= 0.6 is 23.2 Å². The van der Waals surface area contributed by atoms with E-state index in [-0.39, 0.29) is 23.7 Å². The fourth-order valence-electron chi connectivity index (χ4n) is 6.54. The SMILES string of the molecule is C1COCCN1.CC(C)(C)OC(=O)N1CCN(Cc2ccc(Cl)cc2C(=O)N2CCOCC2)CC1.CC(C)(C)OC(=O)N1CCN(Cc2ccc(Cl)cc2C(=O)O)CC1. The van der Waals surface area contributed by atoms with E-state index in [0.29, 0.717) is 94.3 Å². The van der Waals surface area contributed by atoms with Gasteiger partial charge in [0, 0.05) is 107 Å². The summed E-state index contributed by atoms with van der Waals surface area (Å²) in [4.78, 5) is 58.3. The predicted molar refractivity (Wildman–Crippen MR) is 226 cm³/mol. The van der Waals surface area contributed by atoms with Crippen molar-refractivity contribution in [2.75, 3.05) is 105 Å². The minimum absolute atomic E-state index is 0.00168. The first-order valence-electron chi connectivity index (χ1n) is 20.2. The van der Waals surface area contributed by atoms with E-state index in [1.54, 1.807) is 28.0 Å². The molecule has 328 valence electrons. The maximum absolute atomic E-state index is 13.0. The molecule has 4 aliphatic heterocycles. The number of piperazine rings is 2. The molecule has 0 saturated carbocycles. The van der Waals surface area contributed by atoms with Crippen molar-refractivity contribution in [3.8, 4) is 0 Å². The molecule has 0 radical (unpaired) electrons. The molecule has 15 nitrogen and oxygen atoms in total. The molecule has 0 bridgehead atoms. The van der Waals surface area contributed by atoms with Crippen LogP contribution in [0.25, 0.3) is 0 Å². The molecule has 4 saturated heterocycles. The number of hydrogen-bond acceptors (Lipinski definition) is 11. The fraction of sp³-hybridized carbons (Fsp3) is 0.619. The number of nitrogens with zero attached hydrogens (tertiary/aromatic N) is 5. The third kappa shape index (κ3) is 16.7. The molecule has 17 heteroatoms. The molecule has 6 rings (SSSR count). The van der Waals surface area contributed by atoms with Gasteiger partial charge in [0.05, 0.1) is 32.0 Å².